The minimum Gasteiger partial charge on any atom is -0.312 e. The number of piperazine rings is 1. The second-order valence-electron chi connectivity index (χ2n) is 4.63. The third kappa shape index (κ3) is 3.28. The molecule has 1 aliphatic rings. The molecule has 6 heteroatoms. The van der Waals surface area contributed by atoms with Crippen molar-refractivity contribution in [3.05, 3.63) is 38.3 Å². The predicted molar refractivity (Wildman–Crippen MR) is 73.5 cm³/mol. The Kier molecular flexibility index (Phi) is 4.31. The van der Waals surface area contributed by atoms with Crippen LogP contribution >= 0.6 is 15.9 Å². The molecule has 1 heterocycles. The van der Waals surface area contributed by atoms with E-state index >= 15 is 0 Å². The number of nitro groups is 1. The van der Waals surface area contributed by atoms with E-state index in [2.05, 4.69) is 33.1 Å². The van der Waals surface area contributed by atoms with Crippen LogP contribution in [0, 0.1) is 10.1 Å². The number of nitrogens with zero attached hydrogens (tertiary/aromatic N) is 2. The van der Waals surface area contributed by atoms with Crippen LogP contribution in [-0.2, 0) is 6.54 Å². The van der Waals surface area contributed by atoms with Crippen molar-refractivity contribution in [1.82, 2.24) is 10.2 Å². The van der Waals surface area contributed by atoms with Gasteiger partial charge in [0.2, 0.25) is 0 Å². The molecule has 0 radical (unpaired) electrons. The highest BCUT2D eigenvalue weighted by molar-refractivity contribution is 9.10. The average molecular weight is 314 g/mol. The average Bonchev–Trinajstić information content (AvgIpc) is 2.31. The molecule has 0 unspecified atom stereocenters. The van der Waals surface area contributed by atoms with Gasteiger partial charge in [0.05, 0.1) is 9.40 Å². The first-order valence-corrected chi connectivity index (χ1v) is 6.74. The van der Waals surface area contributed by atoms with Crippen LogP contribution in [0.15, 0.2) is 22.7 Å². The number of rotatable bonds is 3. The van der Waals surface area contributed by atoms with Gasteiger partial charge in [-0.25, -0.2) is 0 Å². The topological polar surface area (TPSA) is 58.4 Å². The van der Waals surface area contributed by atoms with Gasteiger partial charge in [0, 0.05) is 38.3 Å². The van der Waals surface area contributed by atoms with E-state index in [4.69, 9.17) is 0 Å². The molecule has 5 nitrogen and oxygen atoms in total. The predicted octanol–water partition coefficient (Wildman–Crippen LogP) is 2.15. The SMILES string of the molecule is C[C@H]1CN(Cc2ccc(Br)c([N+](=O)[O-])c2)CCN1. The summed E-state index contributed by atoms with van der Waals surface area (Å²) in [4.78, 5) is 12.8. The van der Waals surface area contributed by atoms with Gasteiger partial charge in [0.15, 0.2) is 0 Å². The fourth-order valence-electron chi connectivity index (χ4n) is 2.21. The van der Waals surface area contributed by atoms with Crippen molar-refractivity contribution in [1.29, 1.82) is 0 Å². The lowest BCUT2D eigenvalue weighted by Crippen LogP contribution is -2.48. The third-order valence-electron chi connectivity index (χ3n) is 3.07. The minimum atomic E-state index is -0.353. The molecule has 1 saturated heterocycles. The summed E-state index contributed by atoms with van der Waals surface area (Å²) in [5.41, 5.74) is 1.12. The summed E-state index contributed by atoms with van der Waals surface area (Å²) >= 11 is 3.20. The monoisotopic (exact) mass is 313 g/mol. The molecule has 1 N–H and O–H groups in total. The van der Waals surface area contributed by atoms with Crippen LogP contribution in [0.25, 0.3) is 0 Å². The van der Waals surface area contributed by atoms with Crippen molar-refractivity contribution in [2.24, 2.45) is 0 Å². The Bertz CT molecular complexity index is 453. The van der Waals surface area contributed by atoms with E-state index in [1.807, 2.05) is 6.07 Å². The van der Waals surface area contributed by atoms with Crippen LogP contribution in [0.1, 0.15) is 12.5 Å². The summed E-state index contributed by atoms with van der Waals surface area (Å²) in [6.07, 6.45) is 0. The van der Waals surface area contributed by atoms with Crippen LogP contribution in [-0.4, -0.2) is 35.5 Å². The lowest BCUT2D eigenvalue weighted by molar-refractivity contribution is -0.385. The Hall–Kier alpha value is -0.980. The first kappa shape index (κ1) is 13.5. The van der Waals surface area contributed by atoms with Gasteiger partial charge in [-0.05, 0) is 34.5 Å². The van der Waals surface area contributed by atoms with Crippen molar-refractivity contribution >= 4 is 21.6 Å². The van der Waals surface area contributed by atoms with Gasteiger partial charge in [0.25, 0.3) is 5.69 Å². The molecule has 0 saturated carbocycles. The van der Waals surface area contributed by atoms with Crippen molar-refractivity contribution in [3.8, 4) is 0 Å². The zero-order valence-corrected chi connectivity index (χ0v) is 11.8. The van der Waals surface area contributed by atoms with Crippen LogP contribution in [0.5, 0.6) is 0 Å². The Morgan fingerprint density at radius 3 is 3.06 bits per heavy atom. The lowest BCUT2D eigenvalue weighted by atomic mass is 10.1. The molecule has 2 rings (SSSR count). The number of hydrogen-bond donors (Lipinski definition) is 1. The summed E-state index contributed by atoms with van der Waals surface area (Å²) in [5.74, 6) is 0. The maximum atomic E-state index is 10.9. The molecular formula is C12H16BrN3O2. The maximum Gasteiger partial charge on any atom is 0.283 e. The van der Waals surface area contributed by atoms with Crippen LogP contribution in [0.4, 0.5) is 5.69 Å². The molecule has 0 bridgehead atoms. The summed E-state index contributed by atoms with van der Waals surface area (Å²) < 4.78 is 0.532. The van der Waals surface area contributed by atoms with E-state index in [1.165, 1.54) is 0 Å². The van der Waals surface area contributed by atoms with Gasteiger partial charge in [-0.1, -0.05) is 6.07 Å². The largest absolute Gasteiger partial charge is 0.312 e. The van der Waals surface area contributed by atoms with Crippen LogP contribution in [0.2, 0.25) is 0 Å². The molecule has 1 fully saturated rings. The lowest BCUT2D eigenvalue weighted by Gasteiger charge is -2.31. The van der Waals surface area contributed by atoms with Gasteiger partial charge in [-0.2, -0.15) is 0 Å². The number of halogens is 1. The number of hydrogen-bond acceptors (Lipinski definition) is 4. The van der Waals surface area contributed by atoms with Gasteiger partial charge in [-0.15, -0.1) is 0 Å². The zero-order chi connectivity index (χ0) is 13.1. The summed E-state index contributed by atoms with van der Waals surface area (Å²) in [6, 6.07) is 5.81. The van der Waals surface area contributed by atoms with Crippen LogP contribution < -0.4 is 5.32 Å². The van der Waals surface area contributed by atoms with Crippen molar-refractivity contribution in [2.75, 3.05) is 19.6 Å². The van der Waals surface area contributed by atoms with E-state index < -0.39 is 0 Å². The fraction of sp³-hybridized carbons (Fsp3) is 0.500. The summed E-state index contributed by atoms with van der Waals surface area (Å²) in [7, 11) is 0. The van der Waals surface area contributed by atoms with E-state index in [9.17, 15) is 10.1 Å². The standard InChI is InChI=1S/C12H16BrN3O2/c1-9-7-15(5-4-14-9)8-10-2-3-11(13)12(6-10)16(17)18/h2-3,6,9,14H,4-5,7-8H2,1H3/t9-/m0/s1. The minimum absolute atomic E-state index is 0.135. The van der Waals surface area contributed by atoms with Crippen molar-refractivity contribution in [2.45, 2.75) is 19.5 Å². The highest BCUT2D eigenvalue weighted by Crippen LogP contribution is 2.26. The van der Waals surface area contributed by atoms with E-state index in [-0.39, 0.29) is 10.6 Å². The van der Waals surface area contributed by atoms with Crippen molar-refractivity contribution in [3.63, 3.8) is 0 Å². The van der Waals surface area contributed by atoms with Gasteiger partial charge >= 0.3 is 0 Å². The molecule has 18 heavy (non-hydrogen) atoms. The van der Waals surface area contributed by atoms with E-state index in [0.29, 0.717) is 10.5 Å². The molecule has 1 aromatic rings. The molecule has 1 aromatic carbocycles. The highest BCUT2D eigenvalue weighted by atomic mass is 79.9. The Morgan fingerprint density at radius 2 is 2.39 bits per heavy atom. The Morgan fingerprint density at radius 1 is 1.61 bits per heavy atom. The fourth-order valence-corrected chi connectivity index (χ4v) is 2.60. The molecular weight excluding hydrogens is 298 g/mol. The maximum absolute atomic E-state index is 10.9. The molecule has 1 atom stereocenters. The Labute approximate surface area is 114 Å². The summed E-state index contributed by atoms with van der Waals surface area (Å²) in [5, 5.41) is 14.2. The number of nitrogens with one attached hydrogen (secondary N) is 1. The van der Waals surface area contributed by atoms with Crippen molar-refractivity contribution < 1.29 is 4.92 Å². The number of benzene rings is 1. The molecule has 0 aromatic heterocycles. The van der Waals surface area contributed by atoms with E-state index in [1.54, 1.807) is 12.1 Å². The zero-order valence-electron chi connectivity index (χ0n) is 10.2. The quantitative estimate of drug-likeness (QED) is 0.686. The van der Waals surface area contributed by atoms with Gasteiger partial charge < -0.3 is 5.32 Å². The highest BCUT2D eigenvalue weighted by Gasteiger charge is 2.17. The van der Waals surface area contributed by atoms with Gasteiger partial charge in [0.1, 0.15) is 0 Å². The Balaban J connectivity index is 2.09. The van der Waals surface area contributed by atoms with Gasteiger partial charge in [-0.3, -0.25) is 15.0 Å². The summed E-state index contributed by atoms with van der Waals surface area (Å²) in [6.45, 7) is 5.84. The van der Waals surface area contributed by atoms with Crippen LogP contribution in [0.3, 0.4) is 0 Å². The molecule has 0 aliphatic carbocycles. The normalized spacial score (nSPS) is 20.9. The second-order valence-corrected chi connectivity index (χ2v) is 5.49. The third-order valence-corrected chi connectivity index (χ3v) is 3.74. The molecule has 0 amide bonds. The smallest absolute Gasteiger partial charge is 0.283 e. The number of nitro benzene ring substituents is 1. The molecule has 98 valence electrons. The first-order chi connectivity index (χ1) is 8.56. The second kappa shape index (κ2) is 5.77. The first-order valence-electron chi connectivity index (χ1n) is 5.95. The molecule has 1 aliphatic heterocycles. The van der Waals surface area contributed by atoms with E-state index in [0.717, 1.165) is 31.7 Å². The molecule has 0 spiro atoms.